The second-order valence-corrected chi connectivity index (χ2v) is 10.9. The van der Waals surface area contributed by atoms with Crippen molar-refractivity contribution in [3.8, 4) is 17.0 Å². The number of anilines is 1. The predicted octanol–water partition coefficient (Wildman–Crippen LogP) is 4.20. The Labute approximate surface area is 222 Å². The van der Waals surface area contributed by atoms with Crippen LogP contribution in [0.25, 0.3) is 11.3 Å². The van der Waals surface area contributed by atoms with Gasteiger partial charge in [-0.15, -0.1) is 0 Å². The van der Waals surface area contributed by atoms with Crippen LogP contribution in [-0.4, -0.2) is 64.7 Å². The van der Waals surface area contributed by atoms with Crippen molar-refractivity contribution in [1.29, 1.82) is 0 Å². The Hall–Kier alpha value is -3.17. The molecular weight excluding hydrogens is 486 g/mol. The number of halogens is 2. The summed E-state index contributed by atoms with van der Waals surface area (Å²) >= 11 is 0. The molecule has 2 saturated heterocycles. The summed E-state index contributed by atoms with van der Waals surface area (Å²) in [5.74, 6) is 0.283. The van der Waals surface area contributed by atoms with E-state index in [0.717, 1.165) is 44.0 Å². The van der Waals surface area contributed by atoms with Crippen molar-refractivity contribution < 1.29 is 13.5 Å². The van der Waals surface area contributed by atoms with Crippen LogP contribution in [0.5, 0.6) is 5.75 Å². The zero-order valence-electron chi connectivity index (χ0n) is 22.0. The monoisotopic (exact) mass is 520 g/mol. The van der Waals surface area contributed by atoms with Gasteiger partial charge in [0.05, 0.1) is 24.8 Å². The van der Waals surface area contributed by atoms with E-state index in [1.807, 2.05) is 26.1 Å². The third-order valence-electron chi connectivity index (χ3n) is 7.91. The molecule has 3 aliphatic rings. The molecule has 0 spiro atoms. The molecule has 38 heavy (non-hydrogen) atoms. The number of likely N-dealkylation sites (tertiary alicyclic amines) is 1. The fourth-order valence-corrected chi connectivity index (χ4v) is 6.00. The fourth-order valence-electron chi connectivity index (χ4n) is 6.00. The molecule has 0 amide bonds. The number of aromatic nitrogens is 3. The molecule has 2 aromatic heterocycles. The van der Waals surface area contributed by atoms with Crippen LogP contribution in [0.3, 0.4) is 0 Å². The van der Waals surface area contributed by atoms with E-state index in [-0.39, 0.29) is 17.5 Å². The summed E-state index contributed by atoms with van der Waals surface area (Å²) in [4.78, 5) is 17.9. The van der Waals surface area contributed by atoms with Crippen molar-refractivity contribution in [3.05, 3.63) is 65.4 Å². The van der Waals surface area contributed by atoms with E-state index in [1.54, 1.807) is 6.07 Å². The molecule has 0 bridgehead atoms. The Morgan fingerprint density at radius 2 is 2.00 bits per heavy atom. The van der Waals surface area contributed by atoms with Crippen molar-refractivity contribution in [2.24, 2.45) is 5.92 Å². The number of piperidine rings is 1. The smallest absolute Gasteiger partial charge is 0.178 e. The second-order valence-electron chi connectivity index (χ2n) is 10.9. The van der Waals surface area contributed by atoms with Crippen molar-refractivity contribution in [1.82, 2.24) is 25.2 Å². The first-order valence-electron chi connectivity index (χ1n) is 13.6. The van der Waals surface area contributed by atoms with Gasteiger partial charge < -0.3 is 15.0 Å². The minimum Gasteiger partial charge on any atom is -0.486 e. The van der Waals surface area contributed by atoms with Gasteiger partial charge in [0.25, 0.3) is 0 Å². The van der Waals surface area contributed by atoms with Gasteiger partial charge in [-0.2, -0.15) is 0 Å². The Balaban J connectivity index is 1.18. The predicted molar refractivity (Wildman–Crippen MR) is 142 cm³/mol. The highest BCUT2D eigenvalue weighted by molar-refractivity contribution is 5.72. The van der Waals surface area contributed by atoms with E-state index in [2.05, 4.69) is 36.1 Å². The molecular formula is C29H34F2N6O. The minimum atomic E-state index is -0.593. The summed E-state index contributed by atoms with van der Waals surface area (Å²) in [6, 6.07) is 7.89. The highest BCUT2D eigenvalue weighted by atomic mass is 19.1. The van der Waals surface area contributed by atoms with Crippen molar-refractivity contribution >= 4 is 5.69 Å². The van der Waals surface area contributed by atoms with Gasteiger partial charge >= 0.3 is 0 Å². The van der Waals surface area contributed by atoms with Crippen LogP contribution in [0.1, 0.15) is 43.8 Å². The lowest BCUT2D eigenvalue weighted by Gasteiger charge is -2.34. The maximum Gasteiger partial charge on any atom is 0.178 e. The average Bonchev–Trinajstić information content (AvgIpc) is 3.33. The first-order valence-corrected chi connectivity index (χ1v) is 13.6. The minimum absolute atomic E-state index is 0.0757. The lowest BCUT2D eigenvalue weighted by atomic mass is 9.94. The van der Waals surface area contributed by atoms with Crippen LogP contribution in [0.15, 0.2) is 36.7 Å². The summed E-state index contributed by atoms with van der Waals surface area (Å²) in [5.41, 5.74) is 3.04. The summed E-state index contributed by atoms with van der Waals surface area (Å²) in [6.07, 6.45) is 6.01. The van der Waals surface area contributed by atoms with E-state index in [9.17, 15) is 8.78 Å². The lowest BCUT2D eigenvalue weighted by molar-refractivity contribution is 0.287. The Kier molecular flexibility index (Phi) is 6.97. The third-order valence-corrected chi connectivity index (χ3v) is 7.91. The number of nitrogens with zero attached hydrogens (tertiary/aromatic N) is 5. The fraction of sp³-hybridized carbons (Fsp3) is 0.483. The van der Waals surface area contributed by atoms with E-state index in [0.29, 0.717) is 42.7 Å². The molecule has 0 saturated carbocycles. The van der Waals surface area contributed by atoms with Crippen LogP contribution in [-0.2, 0) is 13.0 Å². The van der Waals surface area contributed by atoms with Gasteiger partial charge in [-0.1, -0.05) is 6.07 Å². The number of hydrogen-bond acceptors (Lipinski definition) is 7. The molecule has 0 aliphatic carbocycles. The van der Waals surface area contributed by atoms with E-state index in [4.69, 9.17) is 4.74 Å². The van der Waals surface area contributed by atoms with Crippen molar-refractivity contribution in [2.75, 3.05) is 37.7 Å². The van der Waals surface area contributed by atoms with Gasteiger partial charge in [-0.25, -0.2) is 18.7 Å². The highest BCUT2D eigenvalue weighted by Crippen LogP contribution is 2.39. The normalized spacial score (nSPS) is 21.3. The average molecular weight is 521 g/mol. The summed E-state index contributed by atoms with van der Waals surface area (Å²) < 4.78 is 35.4. The van der Waals surface area contributed by atoms with E-state index in [1.165, 1.54) is 24.5 Å². The summed E-state index contributed by atoms with van der Waals surface area (Å²) in [5, 5.41) is 3.65. The molecule has 1 N–H and O–H groups in total. The van der Waals surface area contributed by atoms with Crippen molar-refractivity contribution in [3.63, 3.8) is 0 Å². The summed E-state index contributed by atoms with van der Waals surface area (Å²) in [7, 11) is 0. The van der Waals surface area contributed by atoms with Gasteiger partial charge in [0.2, 0.25) is 0 Å². The molecule has 2 atom stereocenters. The number of benzene rings is 1. The maximum atomic E-state index is 15.0. The van der Waals surface area contributed by atoms with Crippen LogP contribution < -0.4 is 15.0 Å². The molecule has 0 radical (unpaired) electrons. The number of pyridine rings is 1. The maximum absolute atomic E-state index is 15.0. The molecule has 2 unspecified atom stereocenters. The molecule has 7 nitrogen and oxygen atoms in total. The number of ether oxygens (including phenoxy) is 1. The van der Waals surface area contributed by atoms with Crippen LogP contribution >= 0.6 is 0 Å². The van der Waals surface area contributed by atoms with Gasteiger partial charge in [-0.05, 0) is 62.9 Å². The van der Waals surface area contributed by atoms with Crippen molar-refractivity contribution in [2.45, 2.75) is 51.7 Å². The van der Waals surface area contributed by atoms with Crippen LogP contribution in [0.2, 0.25) is 0 Å². The molecule has 9 heteroatoms. The van der Waals surface area contributed by atoms with Gasteiger partial charge in [0.1, 0.15) is 18.1 Å². The Morgan fingerprint density at radius 3 is 2.79 bits per heavy atom. The van der Waals surface area contributed by atoms with Gasteiger partial charge in [-0.3, -0.25) is 9.88 Å². The first-order chi connectivity index (χ1) is 18.4. The molecule has 200 valence electrons. The Bertz CT molecular complexity index is 1290. The second kappa shape index (κ2) is 10.5. The van der Waals surface area contributed by atoms with Gasteiger partial charge in [0, 0.05) is 49.2 Å². The lowest BCUT2D eigenvalue weighted by Crippen LogP contribution is -2.40. The molecule has 5 heterocycles. The largest absolute Gasteiger partial charge is 0.486 e. The summed E-state index contributed by atoms with van der Waals surface area (Å²) in [6.45, 7) is 9.37. The number of fused-ring (bicyclic) bond motifs is 2. The third kappa shape index (κ3) is 5.09. The molecule has 6 rings (SSSR count). The standard InChI is InChI=1S/C29H34F2N6O/c1-18(2)37-8-9-38-29-23(30)10-21(11-26(29)37)28-24(31)14-34-27(35-28)12-22-6-5-19(13-33-22)15-36-16-20-4-3-7-32-25(20)17-36/h5-6,10-11,13-14,18,20,25,32H,3-4,7-9,12,15-17H2,1-2H3. The van der Waals surface area contributed by atoms with Gasteiger partial charge in [0.15, 0.2) is 17.4 Å². The van der Waals surface area contributed by atoms with E-state index >= 15 is 0 Å². The topological polar surface area (TPSA) is 66.4 Å². The van der Waals surface area contributed by atoms with Crippen LogP contribution in [0.4, 0.5) is 14.5 Å². The molecule has 2 fully saturated rings. The molecule has 3 aliphatic heterocycles. The number of hydrogen-bond donors (Lipinski definition) is 1. The van der Waals surface area contributed by atoms with E-state index < -0.39 is 11.6 Å². The van der Waals surface area contributed by atoms with Crippen LogP contribution in [0, 0.1) is 17.6 Å². The highest BCUT2D eigenvalue weighted by Gasteiger charge is 2.34. The molecule has 3 aromatic rings. The number of rotatable bonds is 6. The molecule has 1 aromatic carbocycles. The quantitative estimate of drug-likeness (QED) is 0.523. The Morgan fingerprint density at radius 1 is 1.11 bits per heavy atom. The zero-order chi connectivity index (χ0) is 26.2. The zero-order valence-corrected chi connectivity index (χ0v) is 22.0. The number of nitrogens with one attached hydrogen (secondary N) is 1. The first kappa shape index (κ1) is 25.1. The SMILES string of the molecule is CC(C)N1CCOc2c(F)cc(-c3nc(Cc4ccc(CN5CC6CCCNC6C5)cn4)ncc3F)cc21.